The normalized spacial score (nSPS) is 18.4. The first-order valence-corrected chi connectivity index (χ1v) is 8.42. The third kappa shape index (κ3) is 3.31. The molecular weight excluding hydrogens is 303 g/mol. The van der Waals surface area contributed by atoms with Crippen LogP contribution in [0.4, 0.5) is 4.39 Å². The third-order valence-corrected chi connectivity index (χ3v) is 5.83. The number of sulfonamides is 1. The summed E-state index contributed by atoms with van der Waals surface area (Å²) in [6.45, 7) is 1.44. The lowest BCUT2D eigenvalue weighted by molar-refractivity contribution is 0.265. The molecule has 0 unspecified atom stereocenters. The Morgan fingerprint density at radius 2 is 2.00 bits per heavy atom. The Kier molecular flexibility index (Phi) is 5.01. The molecule has 0 aromatic heterocycles. The number of nitrogens with zero attached hydrogens (tertiary/aromatic N) is 1. The monoisotopic (exact) mass is 320 g/mol. The van der Waals surface area contributed by atoms with Gasteiger partial charge in [0.1, 0.15) is 10.7 Å². The summed E-state index contributed by atoms with van der Waals surface area (Å²) in [5.41, 5.74) is 5.51. The van der Waals surface area contributed by atoms with Crippen molar-refractivity contribution in [2.45, 2.75) is 24.2 Å². The molecule has 2 N–H and O–H groups in total. The molecule has 1 saturated heterocycles. The first-order chi connectivity index (χ1) is 9.45. The molecule has 0 radical (unpaired) electrons. The molecule has 0 aliphatic carbocycles. The predicted octanol–water partition coefficient (Wildman–Crippen LogP) is 2.23. The Labute approximate surface area is 123 Å². The highest BCUT2D eigenvalue weighted by Gasteiger charge is 2.31. The van der Waals surface area contributed by atoms with E-state index in [2.05, 4.69) is 0 Å². The van der Waals surface area contributed by atoms with Crippen molar-refractivity contribution >= 4 is 21.6 Å². The molecule has 1 aromatic carbocycles. The highest BCUT2D eigenvalue weighted by atomic mass is 35.5. The van der Waals surface area contributed by atoms with Gasteiger partial charge >= 0.3 is 0 Å². The molecule has 0 amide bonds. The van der Waals surface area contributed by atoms with E-state index in [0.29, 0.717) is 25.6 Å². The van der Waals surface area contributed by atoms with Crippen LogP contribution in [0.1, 0.15) is 19.3 Å². The summed E-state index contributed by atoms with van der Waals surface area (Å²) in [7, 11) is -3.78. The maximum atomic E-state index is 13.8. The summed E-state index contributed by atoms with van der Waals surface area (Å²) >= 11 is 5.65. The number of nitrogens with two attached hydrogens (primary N) is 1. The van der Waals surface area contributed by atoms with Gasteiger partial charge in [0.05, 0.1) is 0 Å². The predicted molar refractivity (Wildman–Crippen MR) is 76.6 cm³/mol. The summed E-state index contributed by atoms with van der Waals surface area (Å²) < 4.78 is 39.9. The topological polar surface area (TPSA) is 63.4 Å². The standard InChI is InChI=1S/C13H18ClFN2O2S/c14-11-1-2-13(12(15)9-11)20(18,19)17-7-4-10(3-6-16)5-8-17/h1-2,9-10H,3-8,16H2. The minimum Gasteiger partial charge on any atom is -0.330 e. The van der Waals surface area contributed by atoms with E-state index in [0.717, 1.165) is 25.3 Å². The van der Waals surface area contributed by atoms with Crippen LogP contribution in [0.15, 0.2) is 23.1 Å². The Balaban J connectivity index is 2.15. The fourth-order valence-electron chi connectivity index (χ4n) is 2.50. The van der Waals surface area contributed by atoms with Crippen LogP contribution in [0.3, 0.4) is 0 Å². The zero-order chi connectivity index (χ0) is 14.8. The maximum Gasteiger partial charge on any atom is 0.245 e. The van der Waals surface area contributed by atoms with Gasteiger partial charge in [-0.15, -0.1) is 0 Å². The zero-order valence-electron chi connectivity index (χ0n) is 11.1. The van der Waals surface area contributed by atoms with Gasteiger partial charge in [0.2, 0.25) is 10.0 Å². The molecule has 1 aromatic rings. The second kappa shape index (κ2) is 6.39. The van der Waals surface area contributed by atoms with Crippen molar-refractivity contribution in [2.75, 3.05) is 19.6 Å². The van der Waals surface area contributed by atoms with Crippen molar-refractivity contribution in [3.63, 3.8) is 0 Å². The lowest BCUT2D eigenvalue weighted by atomic mass is 9.95. The van der Waals surface area contributed by atoms with Crippen molar-refractivity contribution in [1.29, 1.82) is 0 Å². The summed E-state index contributed by atoms with van der Waals surface area (Å²) in [6, 6.07) is 3.63. The van der Waals surface area contributed by atoms with Gasteiger partial charge in [-0.05, 0) is 49.9 Å². The van der Waals surface area contributed by atoms with Gasteiger partial charge < -0.3 is 5.73 Å². The maximum absolute atomic E-state index is 13.8. The van der Waals surface area contributed by atoms with Crippen LogP contribution in [-0.4, -0.2) is 32.4 Å². The number of hydrogen-bond acceptors (Lipinski definition) is 3. The molecule has 1 heterocycles. The summed E-state index contributed by atoms with van der Waals surface area (Å²) in [5, 5.41) is 0.183. The second-order valence-electron chi connectivity index (χ2n) is 5.00. The first kappa shape index (κ1) is 15.7. The molecule has 2 rings (SSSR count). The van der Waals surface area contributed by atoms with E-state index in [1.807, 2.05) is 0 Å². The quantitative estimate of drug-likeness (QED) is 0.925. The average molecular weight is 321 g/mol. The van der Waals surface area contributed by atoms with E-state index < -0.39 is 15.8 Å². The highest BCUT2D eigenvalue weighted by Crippen LogP contribution is 2.27. The molecule has 1 aliphatic heterocycles. The second-order valence-corrected chi connectivity index (χ2v) is 7.34. The molecule has 20 heavy (non-hydrogen) atoms. The zero-order valence-corrected chi connectivity index (χ0v) is 12.6. The van der Waals surface area contributed by atoms with Crippen molar-refractivity contribution in [3.05, 3.63) is 29.0 Å². The summed E-state index contributed by atoms with van der Waals surface area (Å²) in [4.78, 5) is -0.306. The molecule has 0 bridgehead atoms. The van der Waals surface area contributed by atoms with Crippen LogP contribution in [-0.2, 0) is 10.0 Å². The molecule has 4 nitrogen and oxygen atoms in total. The van der Waals surface area contributed by atoms with Gasteiger partial charge in [-0.2, -0.15) is 4.31 Å². The number of piperidine rings is 1. The largest absolute Gasteiger partial charge is 0.330 e. The lowest BCUT2D eigenvalue weighted by Gasteiger charge is -2.31. The molecular formula is C13H18ClFN2O2S. The van der Waals surface area contributed by atoms with E-state index in [4.69, 9.17) is 17.3 Å². The van der Waals surface area contributed by atoms with Crippen LogP contribution in [0.2, 0.25) is 5.02 Å². The van der Waals surface area contributed by atoms with E-state index in [-0.39, 0.29) is 9.92 Å². The fourth-order valence-corrected chi connectivity index (χ4v) is 4.17. The first-order valence-electron chi connectivity index (χ1n) is 6.60. The van der Waals surface area contributed by atoms with E-state index in [1.165, 1.54) is 16.4 Å². The molecule has 1 fully saturated rings. The Morgan fingerprint density at radius 1 is 1.35 bits per heavy atom. The third-order valence-electron chi connectivity index (χ3n) is 3.66. The van der Waals surface area contributed by atoms with Gasteiger partial charge in [0.15, 0.2) is 0 Å². The van der Waals surface area contributed by atoms with Crippen LogP contribution in [0, 0.1) is 11.7 Å². The minimum absolute atomic E-state index is 0.183. The van der Waals surface area contributed by atoms with Gasteiger partial charge in [-0.3, -0.25) is 0 Å². The summed E-state index contributed by atoms with van der Waals surface area (Å²) in [6.07, 6.45) is 2.44. The molecule has 112 valence electrons. The van der Waals surface area contributed by atoms with Crippen molar-refractivity contribution in [2.24, 2.45) is 11.7 Å². The van der Waals surface area contributed by atoms with Crippen molar-refractivity contribution in [3.8, 4) is 0 Å². The van der Waals surface area contributed by atoms with E-state index in [1.54, 1.807) is 0 Å². The SMILES string of the molecule is NCCC1CCN(S(=O)(=O)c2ccc(Cl)cc2F)CC1. The van der Waals surface area contributed by atoms with Crippen LogP contribution >= 0.6 is 11.6 Å². The van der Waals surface area contributed by atoms with Gasteiger partial charge in [-0.25, -0.2) is 12.8 Å². The van der Waals surface area contributed by atoms with Gasteiger partial charge in [0.25, 0.3) is 0 Å². The Bertz CT molecular complexity index is 572. The number of halogens is 2. The van der Waals surface area contributed by atoms with Crippen molar-refractivity contribution in [1.82, 2.24) is 4.31 Å². The van der Waals surface area contributed by atoms with Gasteiger partial charge in [0, 0.05) is 18.1 Å². The Morgan fingerprint density at radius 3 is 2.55 bits per heavy atom. The number of rotatable bonds is 4. The molecule has 0 atom stereocenters. The van der Waals surface area contributed by atoms with E-state index >= 15 is 0 Å². The molecule has 0 saturated carbocycles. The number of hydrogen-bond donors (Lipinski definition) is 1. The van der Waals surface area contributed by atoms with Crippen molar-refractivity contribution < 1.29 is 12.8 Å². The van der Waals surface area contributed by atoms with Crippen LogP contribution in [0.25, 0.3) is 0 Å². The highest BCUT2D eigenvalue weighted by molar-refractivity contribution is 7.89. The fraction of sp³-hybridized carbons (Fsp3) is 0.538. The average Bonchev–Trinajstić information content (AvgIpc) is 2.39. The van der Waals surface area contributed by atoms with Crippen LogP contribution < -0.4 is 5.73 Å². The smallest absolute Gasteiger partial charge is 0.245 e. The summed E-state index contributed by atoms with van der Waals surface area (Å²) in [5.74, 6) is -0.344. The lowest BCUT2D eigenvalue weighted by Crippen LogP contribution is -2.39. The minimum atomic E-state index is -3.78. The van der Waals surface area contributed by atoms with Crippen LogP contribution in [0.5, 0.6) is 0 Å². The molecule has 0 spiro atoms. The molecule has 7 heteroatoms. The Hall–Kier alpha value is -0.690. The molecule has 1 aliphatic rings. The number of benzene rings is 1. The van der Waals surface area contributed by atoms with Gasteiger partial charge in [-0.1, -0.05) is 11.6 Å². The van der Waals surface area contributed by atoms with E-state index in [9.17, 15) is 12.8 Å².